The minimum absolute atomic E-state index is 0.0146. The zero-order chi connectivity index (χ0) is 20.4. The molecule has 2 aliphatic rings. The first-order chi connectivity index (χ1) is 14.0. The molecule has 6 nitrogen and oxygen atoms in total. The Morgan fingerprint density at radius 3 is 2.86 bits per heavy atom. The summed E-state index contributed by atoms with van der Waals surface area (Å²) in [6.45, 7) is 1.68. The molecule has 2 saturated heterocycles. The van der Waals surface area contributed by atoms with Crippen LogP contribution in [0.4, 0.5) is 14.5 Å². The molecule has 1 aromatic carbocycles. The van der Waals surface area contributed by atoms with Crippen LogP contribution in [0.1, 0.15) is 19.3 Å². The third-order valence-electron chi connectivity index (χ3n) is 5.75. The highest BCUT2D eigenvalue weighted by molar-refractivity contribution is 5.91. The van der Waals surface area contributed by atoms with Gasteiger partial charge in [-0.25, -0.2) is 8.78 Å². The summed E-state index contributed by atoms with van der Waals surface area (Å²) in [5.74, 6) is -0.522. The standard InChI is InChI=1S/C21H23F2N5O/c22-14-10-16(11-24)28(12-14)20(29)13-27-8-5-15(6-9-27)26-19-4-7-25-21-17(19)2-1-3-18(21)23/h1-4,7,14-16H,5-6,8-10,12-13H2,(H,25,26)/t14-,16?/m0/s1. The number of amides is 1. The van der Waals surface area contributed by atoms with Crippen LogP contribution in [0, 0.1) is 17.1 Å². The topological polar surface area (TPSA) is 72.3 Å². The maximum absolute atomic E-state index is 13.9. The molecule has 4 rings (SSSR count). The molecule has 1 unspecified atom stereocenters. The lowest BCUT2D eigenvalue weighted by atomic mass is 10.0. The molecule has 8 heteroatoms. The van der Waals surface area contributed by atoms with Crippen LogP contribution in [0.15, 0.2) is 30.5 Å². The van der Waals surface area contributed by atoms with Gasteiger partial charge in [0, 0.05) is 42.8 Å². The molecule has 0 aliphatic carbocycles. The first kappa shape index (κ1) is 19.5. The van der Waals surface area contributed by atoms with Gasteiger partial charge in [0.2, 0.25) is 5.91 Å². The first-order valence-electron chi connectivity index (χ1n) is 9.90. The van der Waals surface area contributed by atoms with Gasteiger partial charge in [-0.3, -0.25) is 14.7 Å². The van der Waals surface area contributed by atoms with Crippen LogP contribution in [0.5, 0.6) is 0 Å². The third kappa shape index (κ3) is 4.15. The largest absolute Gasteiger partial charge is 0.382 e. The normalized spacial score (nSPS) is 23.3. The van der Waals surface area contributed by atoms with E-state index < -0.39 is 12.2 Å². The number of fused-ring (bicyclic) bond motifs is 1. The predicted molar refractivity (Wildman–Crippen MR) is 105 cm³/mol. The number of aromatic nitrogens is 1. The van der Waals surface area contributed by atoms with Crippen LogP contribution in [-0.2, 0) is 4.79 Å². The highest BCUT2D eigenvalue weighted by Gasteiger charge is 2.36. The molecule has 152 valence electrons. The van der Waals surface area contributed by atoms with Crippen molar-refractivity contribution in [2.75, 3.05) is 31.5 Å². The van der Waals surface area contributed by atoms with Crippen LogP contribution in [0.25, 0.3) is 10.9 Å². The van der Waals surface area contributed by atoms with E-state index in [1.165, 1.54) is 11.0 Å². The quantitative estimate of drug-likeness (QED) is 0.856. The molecule has 0 spiro atoms. The maximum Gasteiger partial charge on any atom is 0.237 e. The summed E-state index contributed by atoms with van der Waals surface area (Å²) in [6, 6.07) is 8.35. The fourth-order valence-corrected chi connectivity index (χ4v) is 4.19. The van der Waals surface area contributed by atoms with Crippen molar-refractivity contribution < 1.29 is 13.6 Å². The summed E-state index contributed by atoms with van der Waals surface area (Å²) in [6.07, 6.45) is 2.26. The summed E-state index contributed by atoms with van der Waals surface area (Å²) >= 11 is 0. The van der Waals surface area contributed by atoms with E-state index >= 15 is 0 Å². The molecule has 0 saturated carbocycles. The van der Waals surface area contributed by atoms with Gasteiger partial charge in [-0.15, -0.1) is 0 Å². The van der Waals surface area contributed by atoms with Gasteiger partial charge in [0.15, 0.2) is 0 Å². The Morgan fingerprint density at radius 2 is 2.10 bits per heavy atom. The number of halogens is 2. The molecule has 2 fully saturated rings. The second kappa shape index (κ2) is 8.29. The number of piperidine rings is 1. The molecular weight excluding hydrogens is 376 g/mol. The Balaban J connectivity index is 1.33. The molecule has 2 aromatic rings. The summed E-state index contributed by atoms with van der Waals surface area (Å²) in [4.78, 5) is 20.0. The van der Waals surface area contributed by atoms with Crippen LogP contribution in [0.3, 0.4) is 0 Å². The van der Waals surface area contributed by atoms with Crippen molar-refractivity contribution in [3.8, 4) is 6.07 Å². The molecule has 1 N–H and O–H groups in total. The zero-order valence-corrected chi connectivity index (χ0v) is 16.0. The van der Waals surface area contributed by atoms with Crippen molar-refractivity contribution in [1.29, 1.82) is 5.26 Å². The van der Waals surface area contributed by atoms with E-state index in [0.29, 0.717) is 5.52 Å². The SMILES string of the molecule is N#CC1C[C@H](F)CN1C(=O)CN1CCC(Nc2ccnc3c(F)cccc23)CC1. The monoisotopic (exact) mass is 399 g/mol. The predicted octanol–water partition coefficient (Wildman–Crippen LogP) is 2.71. The summed E-state index contributed by atoms with van der Waals surface area (Å²) in [5.41, 5.74) is 1.20. The van der Waals surface area contributed by atoms with Crippen LogP contribution >= 0.6 is 0 Å². The number of nitriles is 1. The van der Waals surface area contributed by atoms with E-state index in [1.54, 1.807) is 12.3 Å². The van der Waals surface area contributed by atoms with E-state index in [-0.39, 0.29) is 37.3 Å². The second-order valence-corrected chi connectivity index (χ2v) is 7.71. The van der Waals surface area contributed by atoms with Gasteiger partial charge in [0.25, 0.3) is 0 Å². The molecule has 2 aliphatic heterocycles. The van der Waals surface area contributed by atoms with Gasteiger partial charge in [0.05, 0.1) is 19.2 Å². The molecule has 1 amide bonds. The minimum Gasteiger partial charge on any atom is -0.382 e. The number of anilines is 1. The van der Waals surface area contributed by atoms with Crippen molar-refractivity contribution in [3.63, 3.8) is 0 Å². The fourth-order valence-electron chi connectivity index (χ4n) is 4.19. The molecule has 29 heavy (non-hydrogen) atoms. The fraction of sp³-hybridized carbons (Fsp3) is 0.476. The summed E-state index contributed by atoms with van der Waals surface area (Å²) in [5, 5.41) is 13.3. The Kier molecular flexibility index (Phi) is 5.58. The number of carbonyl (C=O) groups excluding carboxylic acids is 1. The smallest absolute Gasteiger partial charge is 0.237 e. The number of rotatable bonds is 4. The van der Waals surface area contributed by atoms with Gasteiger partial charge >= 0.3 is 0 Å². The zero-order valence-electron chi connectivity index (χ0n) is 16.0. The first-order valence-corrected chi connectivity index (χ1v) is 9.90. The maximum atomic E-state index is 13.9. The number of nitrogens with zero attached hydrogens (tertiary/aromatic N) is 4. The van der Waals surface area contributed by atoms with Crippen molar-refractivity contribution >= 4 is 22.5 Å². The van der Waals surface area contributed by atoms with E-state index in [0.717, 1.165) is 37.0 Å². The summed E-state index contributed by atoms with van der Waals surface area (Å²) < 4.78 is 27.5. The second-order valence-electron chi connectivity index (χ2n) is 7.71. The number of benzene rings is 1. The van der Waals surface area contributed by atoms with E-state index in [4.69, 9.17) is 5.26 Å². The Bertz CT molecular complexity index is 938. The van der Waals surface area contributed by atoms with Gasteiger partial charge in [-0.05, 0) is 25.0 Å². The van der Waals surface area contributed by atoms with Gasteiger partial charge in [-0.1, -0.05) is 12.1 Å². The van der Waals surface area contributed by atoms with Crippen molar-refractivity contribution in [3.05, 3.63) is 36.3 Å². The third-order valence-corrected chi connectivity index (χ3v) is 5.75. The number of likely N-dealkylation sites (tertiary alicyclic amines) is 2. The molecule has 3 heterocycles. The Hall–Kier alpha value is -2.79. The highest BCUT2D eigenvalue weighted by Crippen LogP contribution is 2.26. The van der Waals surface area contributed by atoms with Crippen molar-refractivity contribution in [2.24, 2.45) is 0 Å². The number of carbonyl (C=O) groups is 1. The molecular formula is C21H23F2N5O. The molecule has 2 atom stereocenters. The average molecular weight is 399 g/mol. The summed E-state index contributed by atoms with van der Waals surface area (Å²) in [7, 11) is 0. The van der Waals surface area contributed by atoms with Crippen LogP contribution in [0.2, 0.25) is 0 Å². The van der Waals surface area contributed by atoms with Gasteiger partial charge in [0.1, 0.15) is 23.5 Å². The van der Waals surface area contributed by atoms with Crippen LogP contribution < -0.4 is 5.32 Å². The lowest BCUT2D eigenvalue weighted by Crippen LogP contribution is -2.46. The number of hydrogen-bond donors (Lipinski definition) is 1. The average Bonchev–Trinajstić information content (AvgIpc) is 3.11. The lowest BCUT2D eigenvalue weighted by molar-refractivity contribution is -0.132. The van der Waals surface area contributed by atoms with Crippen LogP contribution in [-0.4, -0.2) is 65.1 Å². The molecule has 1 aromatic heterocycles. The van der Waals surface area contributed by atoms with Gasteiger partial charge in [-0.2, -0.15) is 5.26 Å². The van der Waals surface area contributed by atoms with E-state index in [9.17, 15) is 13.6 Å². The van der Waals surface area contributed by atoms with Crippen molar-refractivity contribution in [2.45, 2.75) is 37.5 Å². The minimum atomic E-state index is -1.11. The van der Waals surface area contributed by atoms with E-state index in [2.05, 4.69) is 10.3 Å². The Morgan fingerprint density at radius 1 is 1.31 bits per heavy atom. The Labute approximate surface area is 168 Å². The molecule has 0 radical (unpaired) electrons. The number of pyridine rings is 1. The lowest BCUT2D eigenvalue weighted by Gasteiger charge is -2.33. The highest BCUT2D eigenvalue weighted by atomic mass is 19.1. The van der Waals surface area contributed by atoms with Crippen molar-refractivity contribution in [1.82, 2.24) is 14.8 Å². The number of para-hydroxylation sites is 1. The number of hydrogen-bond acceptors (Lipinski definition) is 5. The van der Waals surface area contributed by atoms with Gasteiger partial charge < -0.3 is 10.2 Å². The van der Waals surface area contributed by atoms with E-state index in [1.807, 2.05) is 23.1 Å². The number of nitrogens with one attached hydrogen (secondary N) is 1. The molecule has 0 bridgehead atoms. The number of alkyl halides is 1.